The van der Waals surface area contributed by atoms with Crippen LogP contribution in [0.3, 0.4) is 0 Å². The Kier molecular flexibility index (Phi) is 7.02. The fourth-order valence-electron chi connectivity index (χ4n) is 1.52. The van der Waals surface area contributed by atoms with Crippen LogP contribution in [0.2, 0.25) is 0 Å². The summed E-state index contributed by atoms with van der Waals surface area (Å²) < 4.78 is 4.48. The minimum atomic E-state index is -0.305. The van der Waals surface area contributed by atoms with Crippen molar-refractivity contribution in [3.8, 4) is 0 Å². The number of carbonyl (C=O) groups excluding carboxylic acids is 2. The van der Waals surface area contributed by atoms with Crippen LogP contribution in [-0.4, -0.2) is 25.5 Å². The predicted octanol–water partition coefficient (Wildman–Crippen LogP) is 1.85. The molecule has 0 aromatic heterocycles. The topological polar surface area (TPSA) is 55.4 Å². The van der Waals surface area contributed by atoms with Gasteiger partial charge in [-0.2, -0.15) is 0 Å². The Balaban J connectivity index is 2.13. The van der Waals surface area contributed by atoms with Crippen molar-refractivity contribution in [3.63, 3.8) is 0 Å². The van der Waals surface area contributed by atoms with Gasteiger partial charge in [0.25, 0.3) is 0 Å². The summed E-state index contributed by atoms with van der Waals surface area (Å²) in [4.78, 5) is 22.3. The van der Waals surface area contributed by atoms with E-state index in [4.69, 9.17) is 0 Å². The lowest BCUT2D eigenvalue weighted by Crippen LogP contribution is -2.24. The Bertz CT molecular complexity index is 426. The largest absolute Gasteiger partial charge is 0.469 e. The smallest absolute Gasteiger partial charge is 0.309 e. The van der Waals surface area contributed by atoms with E-state index in [0.717, 1.165) is 6.42 Å². The van der Waals surface area contributed by atoms with E-state index >= 15 is 0 Å². The van der Waals surface area contributed by atoms with Crippen LogP contribution in [-0.2, 0) is 20.7 Å². The second kappa shape index (κ2) is 8.91. The van der Waals surface area contributed by atoms with Gasteiger partial charge in [0.2, 0.25) is 5.91 Å². The maximum atomic E-state index is 11.5. The van der Waals surface area contributed by atoms with E-state index in [1.165, 1.54) is 12.7 Å². The van der Waals surface area contributed by atoms with E-state index in [9.17, 15) is 9.59 Å². The zero-order valence-electron chi connectivity index (χ0n) is 11.1. The number of nitrogens with one attached hydrogen (secondary N) is 1. The summed E-state index contributed by atoms with van der Waals surface area (Å²) in [5.74, 6) is -0.349. The molecule has 0 fully saturated rings. The number of methoxy groups -OCH3 is 1. The first-order valence-electron chi connectivity index (χ1n) is 6.25. The Labute approximate surface area is 113 Å². The number of hydrogen-bond acceptors (Lipinski definition) is 3. The highest BCUT2D eigenvalue weighted by atomic mass is 16.5. The summed E-state index contributed by atoms with van der Waals surface area (Å²) in [5, 5.41) is 2.83. The second-order valence-corrected chi connectivity index (χ2v) is 4.04. The van der Waals surface area contributed by atoms with Gasteiger partial charge in [-0.3, -0.25) is 9.59 Å². The molecular formula is C15H19NO3. The molecule has 19 heavy (non-hydrogen) atoms. The first-order valence-corrected chi connectivity index (χ1v) is 6.25. The zero-order chi connectivity index (χ0) is 13.9. The first kappa shape index (κ1) is 15.0. The van der Waals surface area contributed by atoms with Crippen molar-refractivity contribution in [1.82, 2.24) is 5.32 Å². The van der Waals surface area contributed by atoms with Gasteiger partial charge in [0.1, 0.15) is 0 Å². The molecule has 4 heteroatoms. The number of amides is 1. The molecular weight excluding hydrogens is 242 g/mol. The summed E-state index contributed by atoms with van der Waals surface area (Å²) in [6.07, 6.45) is 4.62. The van der Waals surface area contributed by atoms with Gasteiger partial charge in [-0.15, -0.1) is 0 Å². The van der Waals surface area contributed by atoms with Gasteiger partial charge < -0.3 is 10.1 Å². The van der Waals surface area contributed by atoms with Crippen molar-refractivity contribution in [2.24, 2.45) is 0 Å². The maximum absolute atomic E-state index is 11.5. The quantitative estimate of drug-likeness (QED) is 0.602. The third-order valence-electron chi connectivity index (χ3n) is 2.56. The van der Waals surface area contributed by atoms with E-state index in [2.05, 4.69) is 10.1 Å². The van der Waals surface area contributed by atoms with Crippen molar-refractivity contribution in [1.29, 1.82) is 0 Å². The molecule has 0 saturated heterocycles. The molecule has 1 aromatic carbocycles. The van der Waals surface area contributed by atoms with Crippen LogP contribution in [0.25, 0.3) is 0 Å². The molecule has 0 atom stereocenters. The normalized spacial score (nSPS) is 10.4. The molecule has 1 rings (SSSR count). The Morgan fingerprint density at radius 2 is 1.84 bits per heavy atom. The molecule has 0 heterocycles. The van der Waals surface area contributed by atoms with Gasteiger partial charge in [-0.25, -0.2) is 0 Å². The number of ether oxygens (including phenoxy) is 1. The van der Waals surface area contributed by atoms with Crippen LogP contribution >= 0.6 is 0 Å². The number of esters is 1. The van der Waals surface area contributed by atoms with Crippen LogP contribution in [0, 0.1) is 0 Å². The molecule has 0 bridgehead atoms. The summed E-state index contributed by atoms with van der Waals surface area (Å²) in [7, 11) is 1.34. The maximum Gasteiger partial charge on any atom is 0.309 e. The highest BCUT2D eigenvalue weighted by Gasteiger charge is 1.99. The fraction of sp³-hybridized carbons (Fsp3) is 0.333. The van der Waals surface area contributed by atoms with Crippen molar-refractivity contribution < 1.29 is 14.3 Å². The van der Waals surface area contributed by atoms with E-state index < -0.39 is 0 Å². The summed E-state index contributed by atoms with van der Waals surface area (Å²) in [6, 6.07) is 9.98. The predicted molar refractivity (Wildman–Crippen MR) is 73.5 cm³/mol. The SMILES string of the molecule is COC(=O)CC=CCC(=O)NCCc1ccccc1. The van der Waals surface area contributed by atoms with Crippen LogP contribution in [0.1, 0.15) is 18.4 Å². The third kappa shape index (κ3) is 7.03. The number of benzene rings is 1. The lowest BCUT2D eigenvalue weighted by molar-refractivity contribution is -0.139. The van der Waals surface area contributed by atoms with Crippen molar-refractivity contribution in [3.05, 3.63) is 48.0 Å². The summed E-state index contributed by atoms with van der Waals surface area (Å²) in [5.41, 5.74) is 1.20. The Morgan fingerprint density at radius 3 is 2.53 bits per heavy atom. The van der Waals surface area contributed by atoms with E-state index in [0.29, 0.717) is 6.54 Å². The van der Waals surface area contributed by atoms with Crippen LogP contribution in [0.5, 0.6) is 0 Å². The summed E-state index contributed by atoms with van der Waals surface area (Å²) >= 11 is 0. The van der Waals surface area contributed by atoms with Crippen molar-refractivity contribution in [2.45, 2.75) is 19.3 Å². The number of hydrogen-bond donors (Lipinski definition) is 1. The molecule has 0 spiro atoms. The van der Waals surface area contributed by atoms with Gasteiger partial charge in [-0.1, -0.05) is 42.5 Å². The lowest BCUT2D eigenvalue weighted by Gasteiger charge is -2.03. The minimum Gasteiger partial charge on any atom is -0.469 e. The molecule has 0 radical (unpaired) electrons. The molecule has 102 valence electrons. The van der Waals surface area contributed by atoms with E-state index in [1.807, 2.05) is 30.3 Å². The Hall–Kier alpha value is -2.10. The highest BCUT2D eigenvalue weighted by molar-refractivity contribution is 5.77. The molecule has 1 N–H and O–H groups in total. The van der Waals surface area contributed by atoms with E-state index in [1.54, 1.807) is 12.2 Å². The van der Waals surface area contributed by atoms with Crippen LogP contribution in [0.4, 0.5) is 0 Å². The van der Waals surface area contributed by atoms with Gasteiger partial charge in [0, 0.05) is 13.0 Å². The van der Waals surface area contributed by atoms with Gasteiger partial charge >= 0.3 is 5.97 Å². The summed E-state index contributed by atoms with van der Waals surface area (Å²) in [6.45, 7) is 0.619. The monoisotopic (exact) mass is 261 g/mol. The first-order chi connectivity index (χ1) is 9.22. The van der Waals surface area contributed by atoms with Gasteiger partial charge in [0.15, 0.2) is 0 Å². The Morgan fingerprint density at radius 1 is 1.16 bits per heavy atom. The molecule has 0 aliphatic rings. The average Bonchev–Trinajstić information content (AvgIpc) is 2.44. The van der Waals surface area contributed by atoms with Gasteiger partial charge in [0.05, 0.1) is 13.5 Å². The molecule has 0 saturated carbocycles. The number of rotatable bonds is 7. The molecule has 4 nitrogen and oxygen atoms in total. The molecule has 0 unspecified atom stereocenters. The third-order valence-corrected chi connectivity index (χ3v) is 2.56. The second-order valence-electron chi connectivity index (χ2n) is 4.04. The molecule has 0 aliphatic carbocycles. The van der Waals surface area contributed by atoms with Crippen LogP contribution in [0.15, 0.2) is 42.5 Å². The lowest BCUT2D eigenvalue weighted by atomic mass is 10.1. The number of carbonyl (C=O) groups is 2. The molecule has 1 aromatic rings. The van der Waals surface area contributed by atoms with Crippen molar-refractivity contribution in [2.75, 3.05) is 13.7 Å². The standard InChI is InChI=1S/C15H19NO3/c1-19-15(18)10-6-5-9-14(17)16-12-11-13-7-3-2-4-8-13/h2-8H,9-12H2,1H3,(H,16,17). The minimum absolute atomic E-state index is 0.0444. The average molecular weight is 261 g/mol. The zero-order valence-corrected chi connectivity index (χ0v) is 11.1. The van der Waals surface area contributed by atoms with Gasteiger partial charge in [-0.05, 0) is 12.0 Å². The fourth-order valence-corrected chi connectivity index (χ4v) is 1.52. The van der Waals surface area contributed by atoms with Crippen LogP contribution < -0.4 is 5.32 Å². The highest BCUT2D eigenvalue weighted by Crippen LogP contribution is 1.98. The molecule has 0 aliphatic heterocycles. The van der Waals surface area contributed by atoms with E-state index in [-0.39, 0.29) is 24.7 Å². The van der Waals surface area contributed by atoms with Crippen molar-refractivity contribution >= 4 is 11.9 Å². The molecule has 1 amide bonds.